The van der Waals surface area contributed by atoms with Crippen LogP contribution in [0.2, 0.25) is 0 Å². The van der Waals surface area contributed by atoms with Crippen molar-refractivity contribution in [3.63, 3.8) is 0 Å². The summed E-state index contributed by atoms with van der Waals surface area (Å²) in [5, 5.41) is 22.3. The van der Waals surface area contributed by atoms with E-state index in [1.54, 1.807) is 56.5 Å². The Balaban J connectivity index is 0.00000161. The average Bonchev–Trinajstić information content (AvgIpc) is 2.94. The van der Waals surface area contributed by atoms with Gasteiger partial charge in [0.05, 0.1) is 48.8 Å². The van der Waals surface area contributed by atoms with Gasteiger partial charge in [-0.1, -0.05) is 25.1 Å². The number of benzene rings is 3. The van der Waals surface area contributed by atoms with E-state index in [4.69, 9.17) is 33.5 Å². The quantitative estimate of drug-likeness (QED) is 0.367. The minimum Gasteiger partial charge on any atom is -0.855 e. The third kappa shape index (κ3) is 6.09. The van der Waals surface area contributed by atoms with Gasteiger partial charge in [0.1, 0.15) is 13.4 Å². The second-order valence-corrected chi connectivity index (χ2v) is 11.5. The van der Waals surface area contributed by atoms with E-state index in [9.17, 15) is 5.11 Å². The van der Waals surface area contributed by atoms with Gasteiger partial charge < -0.3 is 38.6 Å². The normalized spacial score (nSPS) is 11.5. The Hall–Kier alpha value is -3.19. The fourth-order valence-electron chi connectivity index (χ4n) is 4.63. The number of hydrogen-bond acceptors (Lipinski definition) is 8. The first-order chi connectivity index (χ1) is 18.3. The molecule has 1 atom stereocenters. The molecule has 8 nitrogen and oxygen atoms in total. The topological polar surface area (TPSA) is 98.7 Å². The minimum absolute atomic E-state index is 0. The molecule has 0 saturated heterocycles. The molecule has 0 spiro atoms. The van der Waals surface area contributed by atoms with Gasteiger partial charge in [-0.25, -0.2) is 0 Å². The van der Waals surface area contributed by atoms with Gasteiger partial charge in [-0.2, -0.15) is 0 Å². The van der Waals surface area contributed by atoms with Crippen LogP contribution in [0.25, 0.3) is 0 Å². The first-order valence-electron chi connectivity index (χ1n) is 12.1. The highest BCUT2D eigenvalue weighted by atomic mass is 31.2. The molecule has 1 N–H and O–H groups in total. The fraction of sp³-hybridized carbons (Fsp3) is 0.379. The van der Waals surface area contributed by atoms with E-state index in [-0.39, 0.29) is 6.61 Å². The van der Waals surface area contributed by atoms with Gasteiger partial charge >= 0.3 is 0 Å². The molecule has 0 amide bonds. The van der Waals surface area contributed by atoms with Gasteiger partial charge in [0.2, 0.25) is 0 Å². The highest BCUT2D eigenvalue weighted by Gasteiger charge is 2.57. The largest absolute Gasteiger partial charge is 0.855 e. The molecule has 0 saturated carbocycles. The molecule has 0 aliphatic carbocycles. The minimum atomic E-state index is -2.93. The maximum absolute atomic E-state index is 11.0. The van der Waals surface area contributed by atoms with E-state index in [0.29, 0.717) is 40.7 Å². The number of ether oxygens (including phenoxy) is 6. The number of methoxy groups -OCH3 is 6. The lowest BCUT2D eigenvalue weighted by Gasteiger charge is -2.33. The summed E-state index contributed by atoms with van der Waals surface area (Å²) in [6.07, 6.45) is -0.404. The predicted molar refractivity (Wildman–Crippen MR) is 152 cm³/mol. The van der Waals surface area contributed by atoms with Crippen LogP contribution in [0, 0.1) is 0 Å². The SMILES string of the molecule is CC[O-].COc1cccc(OC)c1[P+](CC(C)O)(c1c(OC)cccc1OC)c1c(OC)cccc1OC. The van der Waals surface area contributed by atoms with Gasteiger partial charge in [-0.15, -0.1) is 6.61 Å². The molecular formula is C29H39O8P. The maximum Gasteiger partial charge on any atom is 0.188 e. The van der Waals surface area contributed by atoms with Crippen LogP contribution in [0.4, 0.5) is 0 Å². The Bertz CT molecular complexity index is 964. The van der Waals surface area contributed by atoms with Crippen LogP contribution in [0.1, 0.15) is 13.8 Å². The van der Waals surface area contributed by atoms with Gasteiger partial charge in [0.25, 0.3) is 0 Å². The van der Waals surface area contributed by atoms with Crippen LogP contribution < -0.4 is 49.4 Å². The highest BCUT2D eigenvalue weighted by molar-refractivity contribution is 7.96. The molecule has 0 heterocycles. The first-order valence-corrected chi connectivity index (χ1v) is 14.1. The molecule has 3 aromatic rings. The lowest BCUT2D eigenvalue weighted by Crippen LogP contribution is -2.39. The van der Waals surface area contributed by atoms with Crippen molar-refractivity contribution in [1.29, 1.82) is 0 Å². The van der Waals surface area contributed by atoms with Crippen molar-refractivity contribution in [2.24, 2.45) is 0 Å². The molecule has 0 aliphatic rings. The Morgan fingerprint density at radius 2 is 0.816 bits per heavy atom. The number of hydrogen-bond donors (Lipinski definition) is 1. The van der Waals surface area contributed by atoms with Crippen molar-refractivity contribution in [2.45, 2.75) is 20.0 Å². The van der Waals surface area contributed by atoms with E-state index < -0.39 is 13.4 Å². The number of aliphatic hydroxyl groups is 1. The highest BCUT2D eigenvalue weighted by Crippen LogP contribution is 2.65. The molecule has 3 rings (SSSR count). The van der Waals surface area contributed by atoms with Crippen molar-refractivity contribution in [1.82, 2.24) is 0 Å². The molecule has 0 bridgehead atoms. The van der Waals surface area contributed by atoms with Crippen molar-refractivity contribution >= 4 is 23.2 Å². The van der Waals surface area contributed by atoms with Crippen LogP contribution in [-0.2, 0) is 0 Å². The summed E-state index contributed by atoms with van der Waals surface area (Å²) < 4.78 is 35.5. The van der Waals surface area contributed by atoms with Gasteiger partial charge in [-0.05, 0) is 43.3 Å². The second kappa shape index (κ2) is 14.7. The third-order valence-electron chi connectivity index (χ3n) is 5.89. The molecule has 208 valence electrons. The van der Waals surface area contributed by atoms with Crippen LogP contribution in [0.15, 0.2) is 54.6 Å². The van der Waals surface area contributed by atoms with Crippen LogP contribution in [0.3, 0.4) is 0 Å². The molecular weight excluding hydrogens is 507 g/mol. The summed E-state index contributed by atoms with van der Waals surface area (Å²) in [5.74, 6) is 3.66. The standard InChI is InChI=1S/C27H34O7P.C2H5O/c1-18(28)17-35(25-19(29-2)11-8-12-20(25)30-3,26-21(31-4)13-9-14-22(26)32-5)27-23(33-6)15-10-16-24(27)34-7;1-2-3/h8-16,18,28H,17H2,1-7H3;2H2,1H3/q+1;-1. The van der Waals surface area contributed by atoms with E-state index >= 15 is 0 Å². The average molecular weight is 547 g/mol. The lowest BCUT2D eigenvalue weighted by atomic mass is 10.3. The zero-order chi connectivity index (χ0) is 28.3. The molecule has 0 aliphatic heterocycles. The van der Waals surface area contributed by atoms with Crippen molar-refractivity contribution in [3.8, 4) is 34.5 Å². The Labute approximate surface area is 226 Å². The summed E-state index contributed by atoms with van der Waals surface area (Å²) in [7, 11) is 6.78. The molecule has 9 heteroatoms. The number of aliphatic hydroxyl groups excluding tert-OH is 1. The smallest absolute Gasteiger partial charge is 0.188 e. The first kappa shape index (κ1) is 31.0. The Kier molecular flexibility index (Phi) is 12.0. The molecule has 38 heavy (non-hydrogen) atoms. The van der Waals surface area contributed by atoms with Crippen LogP contribution in [0.5, 0.6) is 34.5 Å². The second-order valence-electron chi connectivity index (χ2n) is 8.16. The van der Waals surface area contributed by atoms with Gasteiger partial charge in [-0.3, -0.25) is 0 Å². The van der Waals surface area contributed by atoms with E-state index in [0.717, 1.165) is 15.9 Å². The summed E-state index contributed by atoms with van der Waals surface area (Å²) in [4.78, 5) is 0. The van der Waals surface area contributed by atoms with Crippen molar-refractivity contribution < 1.29 is 38.6 Å². The number of rotatable bonds is 11. The maximum atomic E-state index is 11.0. The zero-order valence-corrected chi connectivity index (χ0v) is 24.3. The van der Waals surface area contributed by atoms with Gasteiger partial charge in [0, 0.05) is 0 Å². The molecule has 0 radical (unpaired) electrons. The summed E-state index contributed by atoms with van der Waals surface area (Å²) in [5.41, 5.74) is 0. The monoisotopic (exact) mass is 546 g/mol. The summed E-state index contributed by atoms with van der Waals surface area (Å²) >= 11 is 0. The van der Waals surface area contributed by atoms with Crippen LogP contribution >= 0.6 is 7.26 Å². The van der Waals surface area contributed by atoms with E-state index in [1.165, 1.54) is 0 Å². The molecule has 0 fully saturated rings. The van der Waals surface area contributed by atoms with E-state index in [1.807, 2.05) is 54.6 Å². The fourth-order valence-corrected chi connectivity index (χ4v) is 9.89. The predicted octanol–water partition coefficient (Wildman–Crippen LogP) is 2.78. The Morgan fingerprint density at radius 3 is 0.974 bits per heavy atom. The van der Waals surface area contributed by atoms with Gasteiger partial charge in [0.15, 0.2) is 50.4 Å². The summed E-state index contributed by atoms with van der Waals surface area (Å²) in [6, 6.07) is 16.9. The van der Waals surface area contributed by atoms with Crippen molar-refractivity contribution in [2.75, 3.05) is 55.4 Å². The van der Waals surface area contributed by atoms with Crippen molar-refractivity contribution in [3.05, 3.63) is 54.6 Å². The summed E-state index contributed by atoms with van der Waals surface area (Å²) in [6.45, 7) is 3.33. The lowest BCUT2D eigenvalue weighted by molar-refractivity contribution is -0.361. The zero-order valence-electron chi connectivity index (χ0n) is 23.4. The van der Waals surface area contributed by atoms with E-state index in [2.05, 4.69) is 0 Å². The molecule has 3 aromatic carbocycles. The third-order valence-corrected chi connectivity index (χ3v) is 10.6. The Morgan fingerprint density at radius 1 is 0.605 bits per heavy atom. The van der Waals surface area contributed by atoms with Crippen LogP contribution in [-0.4, -0.2) is 66.6 Å². The molecule has 1 unspecified atom stereocenters. The molecule has 0 aromatic heterocycles.